The van der Waals surface area contributed by atoms with Crippen LogP contribution >= 0.6 is 11.3 Å². The Hall–Kier alpha value is -2.39. The van der Waals surface area contributed by atoms with Crippen LogP contribution in [0.5, 0.6) is 0 Å². The Bertz CT molecular complexity index is 887. The molecule has 0 aliphatic rings. The van der Waals surface area contributed by atoms with Crippen molar-refractivity contribution in [2.75, 3.05) is 0 Å². The summed E-state index contributed by atoms with van der Waals surface area (Å²) in [6, 6.07) is 19.5. The van der Waals surface area contributed by atoms with Gasteiger partial charge in [-0.2, -0.15) is 5.10 Å². The molecular formula is C19H16N2S. The molecule has 2 aromatic heterocycles. The first-order chi connectivity index (χ1) is 10.8. The topological polar surface area (TPSA) is 28.7 Å². The van der Waals surface area contributed by atoms with Gasteiger partial charge >= 0.3 is 0 Å². The maximum absolute atomic E-state index is 4.02. The highest BCUT2D eigenvalue weighted by molar-refractivity contribution is 7.19. The predicted molar refractivity (Wildman–Crippen MR) is 93.4 cm³/mol. The van der Waals surface area contributed by atoms with Gasteiger partial charge in [0.05, 0.1) is 5.69 Å². The lowest BCUT2D eigenvalue weighted by atomic mass is 10.0. The number of rotatable bonds is 3. The lowest BCUT2D eigenvalue weighted by molar-refractivity contribution is 1.09. The molecule has 108 valence electrons. The highest BCUT2D eigenvalue weighted by Crippen LogP contribution is 2.29. The number of aromatic amines is 1. The summed E-state index contributed by atoms with van der Waals surface area (Å²) < 4.78 is 1.37. The summed E-state index contributed by atoms with van der Waals surface area (Å²) in [6.45, 7) is 2.18. The zero-order valence-corrected chi connectivity index (χ0v) is 13.2. The highest BCUT2D eigenvalue weighted by Gasteiger charge is 2.07. The minimum atomic E-state index is 0.994. The lowest BCUT2D eigenvalue weighted by Crippen LogP contribution is -1.90. The number of thiophene rings is 1. The van der Waals surface area contributed by atoms with Gasteiger partial charge in [-0.25, -0.2) is 0 Å². The van der Waals surface area contributed by atoms with Crippen LogP contribution < -0.4 is 0 Å². The molecule has 2 heterocycles. The Balaban J connectivity index is 1.65. The van der Waals surface area contributed by atoms with E-state index in [0.717, 1.165) is 12.1 Å². The van der Waals surface area contributed by atoms with Crippen molar-refractivity contribution < 1.29 is 0 Å². The molecule has 3 heteroatoms. The fourth-order valence-corrected chi connectivity index (χ4v) is 3.88. The third-order valence-electron chi connectivity index (χ3n) is 4.00. The molecule has 4 rings (SSSR count). The summed E-state index contributed by atoms with van der Waals surface area (Å²) in [5.41, 5.74) is 4.96. The number of aryl methyl sites for hydroxylation is 1. The van der Waals surface area contributed by atoms with Crippen LogP contribution in [0.3, 0.4) is 0 Å². The van der Waals surface area contributed by atoms with Gasteiger partial charge in [0.2, 0.25) is 0 Å². The van der Waals surface area contributed by atoms with Crippen molar-refractivity contribution in [2.24, 2.45) is 0 Å². The summed E-state index contributed by atoms with van der Waals surface area (Å²) in [6.07, 6.45) is 2.78. The van der Waals surface area contributed by atoms with E-state index < -0.39 is 0 Å². The van der Waals surface area contributed by atoms with Crippen molar-refractivity contribution in [1.82, 2.24) is 10.2 Å². The van der Waals surface area contributed by atoms with Crippen LogP contribution in [0.4, 0.5) is 0 Å². The van der Waals surface area contributed by atoms with Gasteiger partial charge in [0.15, 0.2) is 0 Å². The maximum Gasteiger partial charge on any atom is 0.0650 e. The first kappa shape index (κ1) is 13.3. The number of fused-ring (bicyclic) bond motifs is 1. The maximum atomic E-state index is 4.02. The summed E-state index contributed by atoms with van der Waals surface area (Å²) in [7, 11) is 0. The van der Waals surface area contributed by atoms with E-state index in [0.29, 0.717) is 0 Å². The van der Waals surface area contributed by atoms with Gasteiger partial charge in [-0.05, 0) is 53.3 Å². The zero-order valence-electron chi connectivity index (χ0n) is 12.3. The van der Waals surface area contributed by atoms with Gasteiger partial charge in [-0.1, -0.05) is 30.3 Å². The van der Waals surface area contributed by atoms with Crippen LogP contribution in [-0.2, 0) is 6.42 Å². The van der Waals surface area contributed by atoms with E-state index in [9.17, 15) is 0 Å². The Morgan fingerprint density at radius 3 is 2.73 bits per heavy atom. The third-order valence-corrected chi connectivity index (χ3v) is 5.11. The van der Waals surface area contributed by atoms with Crippen molar-refractivity contribution in [3.8, 4) is 11.3 Å². The number of hydrogen-bond acceptors (Lipinski definition) is 2. The van der Waals surface area contributed by atoms with Crippen LogP contribution in [-0.4, -0.2) is 10.2 Å². The summed E-state index contributed by atoms with van der Waals surface area (Å²) >= 11 is 1.89. The normalized spacial score (nSPS) is 11.1. The van der Waals surface area contributed by atoms with Crippen LogP contribution in [0.2, 0.25) is 0 Å². The second-order valence-electron chi connectivity index (χ2n) is 5.54. The van der Waals surface area contributed by atoms with E-state index in [2.05, 4.69) is 65.7 Å². The predicted octanol–water partition coefficient (Wildman–Crippen LogP) is 5.19. The Kier molecular flexibility index (Phi) is 3.28. The molecule has 0 aliphatic carbocycles. The fraction of sp³-hybridized carbons (Fsp3) is 0.105. The van der Waals surface area contributed by atoms with Crippen LogP contribution in [0, 0.1) is 6.92 Å². The molecule has 0 atom stereocenters. The van der Waals surface area contributed by atoms with Gasteiger partial charge in [0.25, 0.3) is 0 Å². The Labute approximate surface area is 133 Å². The van der Waals surface area contributed by atoms with Gasteiger partial charge < -0.3 is 0 Å². The lowest BCUT2D eigenvalue weighted by Gasteiger charge is -2.06. The molecule has 0 fully saturated rings. The van der Waals surface area contributed by atoms with E-state index in [1.54, 1.807) is 6.20 Å². The van der Waals surface area contributed by atoms with Crippen molar-refractivity contribution in [1.29, 1.82) is 0 Å². The molecule has 0 saturated carbocycles. The second-order valence-corrected chi connectivity index (χ2v) is 6.71. The molecule has 0 unspecified atom stereocenters. The number of nitrogens with one attached hydrogen (secondary N) is 1. The quantitative estimate of drug-likeness (QED) is 0.554. The average Bonchev–Trinajstić information content (AvgIpc) is 3.17. The Morgan fingerprint density at radius 1 is 1.05 bits per heavy atom. The number of benzene rings is 2. The fourth-order valence-electron chi connectivity index (χ4n) is 2.79. The molecule has 0 spiro atoms. The molecule has 0 aliphatic heterocycles. The minimum absolute atomic E-state index is 0.994. The summed E-state index contributed by atoms with van der Waals surface area (Å²) in [5, 5.41) is 8.38. The molecule has 1 N–H and O–H groups in total. The van der Waals surface area contributed by atoms with E-state index in [1.807, 2.05) is 17.4 Å². The van der Waals surface area contributed by atoms with E-state index in [4.69, 9.17) is 0 Å². The monoisotopic (exact) mass is 304 g/mol. The molecule has 0 bridgehead atoms. The van der Waals surface area contributed by atoms with Crippen molar-refractivity contribution in [3.63, 3.8) is 0 Å². The number of H-pyrrole nitrogens is 1. The second kappa shape index (κ2) is 5.43. The summed E-state index contributed by atoms with van der Waals surface area (Å²) in [5.74, 6) is 0. The first-order valence-electron chi connectivity index (χ1n) is 7.36. The SMILES string of the molecule is Cc1cc(-c2ccn[nH]2)ccc1Cc1cc2ccccc2s1. The third kappa shape index (κ3) is 2.44. The number of nitrogens with zero attached hydrogens (tertiary/aromatic N) is 1. The highest BCUT2D eigenvalue weighted by atomic mass is 32.1. The van der Waals surface area contributed by atoms with E-state index in [1.165, 1.54) is 31.7 Å². The smallest absolute Gasteiger partial charge is 0.0650 e. The zero-order chi connectivity index (χ0) is 14.9. The van der Waals surface area contributed by atoms with Crippen molar-refractivity contribution >= 4 is 21.4 Å². The molecule has 4 aromatic rings. The van der Waals surface area contributed by atoms with Gasteiger partial charge in [-0.3, -0.25) is 5.10 Å². The molecule has 2 nitrogen and oxygen atoms in total. The van der Waals surface area contributed by atoms with Crippen LogP contribution in [0.15, 0.2) is 60.8 Å². The number of hydrogen-bond donors (Lipinski definition) is 1. The van der Waals surface area contributed by atoms with Crippen molar-refractivity contribution in [2.45, 2.75) is 13.3 Å². The van der Waals surface area contributed by atoms with Crippen LogP contribution in [0.1, 0.15) is 16.0 Å². The molecule has 0 amide bonds. The first-order valence-corrected chi connectivity index (χ1v) is 8.18. The average molecular weight is 304 g/mol. The van der Waals surface area contributed by atoms with E-state index in [-0.39, 0.29) is 0 Å². The number of aromatic nitrogens is 2. The van der Waals surface area contributed by atoms with E-state index >= 15 is 0 Å². The molecule has 22 heavy (non-hydrogen) atoms. The largest absolute Gasteiger partial charge is 0.278 e. The van der Waals surface area contributed by atoms with Crippen LogP contribution in [0.25, 0.3) is 21.3 Å². The molecule has 2 aromatic carbocycles. The minimum Gasteiger partial charge on any atom is -0.278 e. The molecule has 0 radical (unpaired) electrons. The van der Waals surface area contributed by atoms with Crippen molar-refractivity contribution in [3.05, 3.63) is 76.8 Å². The Morgan fingerprint density at radius 2 is 1.95 bits per heavy atom. The van der Waals surface area contributed by atoms with Gasteiger partial charge in [0, 0.05) is 22.2 Å². The summed E-state index contributed by atoms with van der Waals surface area (Å²) in [4.78, 5) is 1.42. The molecular weight excluding hydrogens is 288 g/mol. The van der Waals surface area contributed by atoms with Gasteiger partial charge in [-0.15, -0.1) is 11.3 Å². The standard InChI is InChI=1S/C19H16N2S/c1-13-10-15(18-8-9-20-21-18)7-6-14(13)11-17-12-16-4-2-3-5-19(16)22-17/h2-10,12H,11H2,1H3,(H,20,21). The van der Waals surface area contributed by atoms with Gasteiger partial charge in [0.1, 0.15) is 0 Å². The molecule has 0 saturated heterocycles.